The Bertz CT molecular complexity index is 735. The molecule has 0 fully saturated rings. The van der Waals surface area contributed by atoms with Crippen LogP contribution in [0.4, 0.5) is 0 Å². The first-order valence-electron chi connectivity index (χ1n) is 13.2. The molecule has 1 aliphatic rings. The molecule has 224 valence electrons. The van der Waals surface area contributed by atoms with E-state index in [2.05, 4.69) is 5.32 Å². The van der Waals surface area contributed by atoms with Crippen molar-refractivity contribution in [2.45, 2.75) is 39.2 Å². The van der Waals surface area contributed by atoms with Crippen molar-refractivity contribution in [2.24, 2.45) is 0 Å². The predicted molar refractivity (Wildman–Crippen MR) is 139 cm³/mol. The molecule has 1 heterocycles. The Kier molecular flexibility index (Phi) is 19.0. The number of hydrogen-bond donors (Lipinski definition) is 1. The summed E-state index contributed by atoms with van der Waals surface area (Å²) < 4.78 is 37.5. The fourth-order valence-electron chi connectivity index (χ4n) is 2.97. The van der Waals surface area contributed by atoms with Gasteiger partial charge in [-0.1, -0.05) is 0 Å². The van der Waals surface area contributed by atoms with E-state index in [1.807, 2.05) is 20.8 Å². The molecule has 0 unspecified atom stereocenters. The number of nitrogens with zero attached hydrogens (tertiary/aromatic N) is 1. The average Bonchev–Trinajstić information content (AvgIpc) is 3.19. The third-order valence-corrected chi connectivity index (χ3v) is 4.76. The first-order chi connectivity index (χ1) is 18.7. The number of rotatable bonds is 24. The lowest BCUT2D eigenvalue weighted by molar-refractivity contribution is -0.156. The SMILES string of the molecule is CC(C)(C)OC(=O)CCOCCOCCOCCOCCOCCOCCNC(=O)CCN1C(=O)C=CC1=O. The van der Waals surface area contributed by atoms with Crippen LogP contribution in [0.5, 0.6) is 0 Å². The number of carbonyl (C=O) groups excluding carboxylic acids is 4. The second-order valence-corrected chi connectivity index (χ2v) is 9.27. The molecular weight excluding hydrogens is 516 g/mol. The Morgan fingerprint density at radius 1 is 0.667 bits per heavy atom. The van der Waals surface area contributed by atoms with Crippen molar-refractivity contribution in [2.75, 3.05) is 92.4 Å². The monoisotopic (exact) mass is 560 g/mol. The summed E-state index contributed by atoms with van der Waals surface area (Å²) in [5.41, 5.74) is -0.483. The summed E-state index contributed by atoms with van der Waals surface area (Å²) in [4.78, 5) is 47.1. The zero-order valence-corrected chi connectivity index (χ0v) is 23.4. The molecule has 0 aliphatic carbocycles. The molecule has 0 aromatic rings. The van der Waals surface area contributed by atoms with Crippen LogP contribution in [0.1, 0.15) is 33.6 Å². The van der Waals surface area contributed by atoms with Crippen molar-refractivity contribution < 1.29 is 52.3 Å². The first kappa shape index (κ1) is 34.6. The molecule has 0 atom stereocenters. The Morgan fingerprint density at radius 3 is 1.51 bits per heavy atom. The normalized spacial score (nSPS) is 13.4. The smallest absolute Gasteiger partial charge is 0.308 e. The van der Waals surface area contributed by atoms with Gasteiger partial charge in [-0.25, -0.2) is 0 Å². The van der Waals surface area contributed by atoms with Gasteiger partial charge in [0.25, 0.3) is 11.8 Å². The lowest BCUT2D eigenvalue weighted by atomic mass is 10.2. The van der Waals surface area contributed by atoms with Crippen molar-refractivity contribution in [1.82, 2.24) is 10.2 Å². The molecule has 0 bridgehead atoms. The Morgan fingerprint density at radius 2 is 1.08 bits per heavy atom. The topological polar surface area (TPSA) is 148 Å². The molecule has 0 saturated carbocycles. The molecule has 0 saturated heterocycles. The summed E-state index contributed by atoms with van der Waals surface area (Å²) in [5.74, 6) is -1.33. The number of hydrogen-bond acceptors (Lipinski definition) is 11. The second kappa shape index (κ2) is 21.4. The van der Waals surface area contributed by atoms with Crippen LogP contribution >= 0.6 is 0 Å². The standard InChI is InChI=1S/C26H44N2O11/c1-26(2,3)39-25(32)7-10-33-12-14-35-16-18-37-20-21-38-19-17-36-15-13-34-11-8-27-22(29)6-9-28-23(30)4-5-24(28)31/h4-5H,6-21H2,1-3H3,(H,27,29). The predicted octanol–water partition coefficient (Wildman–Crippen LogP) is 0.249. The molecule has 1 N–H and O–H groups in total. The zero-order valence-electron chi connectivity index (χ0n) is 23.4. The highest BCUT2D eigenvalue weighted by Crippen LogP contribution is 2.08. The summed E-state index contributed by atoms with van der Waals surface area (Å²) in [6, 6.07) is 0. The molecule has 0 aromatic carbocycles. The van der Waals surface area contributed by atoms with Gasteiger partial charge in [-0.2, -0.15) is 0 Å². The van der Waals surface area contributed by atoms with Crippen molar-refractivity contribution >= 4 is 23.7 Å². The molecule has 0 spiro atoms. The molecule has 13 heteroatoms. The summed E-state index contributed by atoms with van der Waals surface area (Å²) in [5, 5.41) is 2.67. The van der Waals surface area contributed by atoms with Crippen LogP contribution in [0.3, 0.4) is 0 Å². The Hall–Kier alpha value is -2.42. The van der Waals surface area contributed by atoms with Crippen LogP contribution in [-0.4, -0.2) is 127 Å². The summed E-state index contributed by atoms with van der Waals surface area (Å²) in [6.07, 6.45) is 2.65. The highest BCUT2D eigenvalue weighted by Gasteiger charge is 2.23. The molecule has 1 rings (SSSR count). The average molecular weight is 561 g/mol. The first-order valence-corrected chi connectivity index (χ1v) is 13.2. The molecule has 13 nitrogen and oxygen atoms in total. The van der Waals surface area contributed by atoms with Gasteiger partial charge in [0.15, 0.2) is 0 Å². The highest BCUT2D eigenvalue weighted by atomic mass is 16.6. The van der Waals surface area contributed by atoms with Crippen molar-refractivity contribution in [1.29, 1.82) is 0 Å². The van der Waals surface area contributed by atoms with Crippen LogP contribution < -0.4 is 5.32 Å². The van der Waals surface area contributed by atoms with Gasteiger partial charge in [-0.05, 0) is 20.8 Å². The van der Waals surface area contributed by atoms with Gasteiger partial charge < -0.3 is 38.5 Å². The van der Waals surface area contributed by atoms with E-state index in [0.29, 0.717) is 85.8 Å². The summed E-state index contributed by atoms with van der Waals surface area (Å²) >= 11 is 0. The van der Waals surface area contributed by atoms with E-state index in [1.54, 1.807) is 0 Å². The van der Waals surface area contributed by atoms with Gasteiger partial charge in [0.05, 0.1) is 85.7 Å². The zero-order chi connectivity index (χ0) is 28.8. The summed E-state index contributed by atoms with van der Waals surface area (Å²) in [6.45, 7) is 10.8. The number of esters is 1. The maximum absolute atomic E-state index is 11.7. The molecule has 0 aromatic heterocycles. The Balaban J connectivity index is 1.73. The van der Waals surface area contributed by atoms with Crippen LogP contribution in [0.15, 0.2) is 12.2 Å². The molecule has 3 amide bonds. The Labute approximate surface area is 230 Å². The van der Waals surface area contributed by atoms with Crippen LogP contribution in [-0.2, 0) is 52.3 Å². The fraction of sp³-hybridized carbons (Fsp3) is 0.769. The van der Waals surface area contributed by atoms with E-state index in [-0.39, 0.29) is 31.3 Å². The van der Waals surface area contributed by atoms with Crippen LogP contribution in [0, 0.1) is 0 Å². The van der Waals surface area contributed by atoms with Gasteiger partial charge in [0.1, 0.15) is 5.60 Å². The number of carbonyl (C=O) groups is 4. The molecule has 39 heavy (non-hydrogen) atoms. The number of imide groups is 1. The summed E-state index contributed by atoms with van der Waals surface area (Å²) in [7, 11) is 0. The minimum atomic E-state index is -0.483. The quantitative estimate of drug-likeness (QED) is 0.0984. The van der Waals surface area contributed by atoms with E-state index in [0.717, 1.165) is 4.90 Å². The van der Waals surface area contributed by atoms with Crippen LogP contribution in [0.2, 0.25) is 0 Å². The maximum atomic E-state index is 11.7. The van der Waals surface area contributed by atoms with Crippen LogP contribution in [0.25, 0.3) is 0 Å². The third-order valence-electron chi connectivity index (χ3n) is 4.76. The third kappa shape index (κ3) is 20.2. The number of ether oxygens (including phenoxy) is 7. The van der Waals surface area contributed by atoms with Crippen molar-refractivity contribution in [3.63, 3.8) is 0 Å². The van der Waals surface area contributed by atoms with Gasteiger partial charge >= 0.3 is 5.97 Å². The van der Waals surface area contributed by atoms with Gasteiger partial charge in [-0.3, -0.25) is 24.1 Å². The van der Waals surface area contributed by atoms with Crippen molar-refractivity contribution in [3.05, 3.63) is 12.2 Å². The molecular formula is C26H44N2O11. The maximum Gasteiger partial charge on any atom is 0.308 e. The number of amides is 3. The van der Waals surface area contributed by atoms with Gasteiger partial charge in [-0.15, -0.1) is 0 Å². The van der Waals surface area contributed by atoms with E-state index >= 15 is 0 Å². The minimum absolute atomic E-state index is 0.0520. The van der Waals surface area contributed by atoms with E-state index in [1.165, 1.54) is 12.2 Å². The lowest BCUT2D eigenvalue weighted by Crippen LogP contribution is -2.35. The second-order valence-electron chi connectivity index (χ2n) is 9.27. The number of nitrogens with one attached hydrogen (secondary N) is 1. The molecule has 0 radical (unpaired) electrons. The molecule has 1 aliphatic heterocycles. The lowest BCUT2D eigenvalue weighted by Gasteiger charge is -2.19. The highest BCUT2D eigenvalue weighted by molar-refractivity contribution is 6.13. The largest absolute Gasteiger partial charge is 0.460 e. The van der Waals surface area contributed by atoms with Gasteiger partial charge in [0, 0.05) is 31.7 Å². The fourth-order valence-corrected chi connectivity index (χ4v) is 2.97. The minimum Gasteiger partial charge on any atom is -0.460 e. The van der Waals surface area contributed by atoms with E-state index in [4.69, 9.17) is 33.2 Å². The van der Waals surface area contributed by atoms with Crippen molar-refractivity contribution in [3.8, 4) is 0 Å². The van der Waals surface area contributed by atoms with E-state index in [9.17, 15) is 19.2 Å². The van der Waals surface area contributed by atoms with E-state index < -0.39 is 17.4 Å². The van der Waals surface area contributed by atoms with Gasteiger partial charge in [0.2, 0.25) is 5.91 Å².